The monoisotopic (exact) mass is 400 g/mol. The zero-order valence-electron chi connectivity index (χ0n) is 16.5. The Morgan fingerprint density at radius 2 is 1.60 bits per heavy atom. The molecule has 0 atom stereocenters. The van der Waals surface area contributed by atoms with E-state index in [9.17, 15) is 9.18 Å². The zero-order valence-corrected chi connectivity index (χ0v) is 16.5. The maximum atomic E-state index is 13.4. The molecular formula is C24H21FN4O. The molecule has 1 heterocycles. The molecule has 3 aromatic carbocycles. The summed E-state index contributed by atoms with van der Waals surface area (Å²) in [4.78, 5) is 14.4. The molecule has 1 N–H and O–H groups in total. The van der Waals surface area contributed by atoms with Crippen LogP contribution in [0, 0.1) is 5.82 Å². The largest absolute Gasteiger partial charge is 0.323 e. The molecule has 6 heteroatoms. The number of carbonyl (C=O) groups excluding carboxylic acids is 1. The van der Waals surface area contributed by atoms with E-state index in [4.69, 9.17) is 0 Å². The molecule has 150 valence electrons. The molecular weight excluding hydrogens is 379 g/mol. The quantitative estimate of drug-likeness (QED) is 0.491. The summed E-state index contributed by atoms with van der Waals surface area (Å²) in [6.07, 6.45) is 1.77. The van der Waals surface area contributed by atoms with Crippen molar-refractivity contribution in [3.8, 4) is 16.9 Å². The lowest BCUT2D eigenvalue weighted by atomic mass is 10.1. The summed E-state index contributed by atoms with van der Waals surface area (Å²) in [5.74, 6) is -0.325. The van der Waals surface area contributed by atoms with Gasteiger partial charge in [-0.15, -0.1) is 0 Å². The lowest BCUT2D eigenvalue weighted by molar-refractivity contribution is 0.220. The van der Waals surface area contributed by atoms with Crippen LogP contribution < -0.4 is 5.32 Å². The third kappa shape index (κ3) is 4.38. The van der Waals surface area contributed by atoms with E-state index in [1.807, 2.05) is 60.7 Å². The number of para-hydroxylation sites is 1. The number of hydrogen-bond acceptors (Lipinski definition) is 2. The van der Waals surface area contributed by atoms with Gasteiger partial charge >= 0.3 is 6.03 Å². The van der Waals surface area contributed by atoms with E-state index >= 15 is 0 Å². The van der Waals surface area contributed by atoms with Gasteiger partial charge in [-0.3, -0.25) is 0 Å². The van der Waals surface area contributed by atoms with E-state index in [0.717, 1.165) is 11.3 Å². The number of rotatable bonds is 5. The normalized spacial score (nSPS) is 10.6. The van der Waals surface area contributed by atoms with Crippen LogP contribution in [0.2, 0.25) is 0 Å². The van der Waals surface area contributed by atoms with E-state index < -0.39 is 0 Å². The molecule has 4 rings (SSSR count). The topological polar surface area (TPSA) is 50.2 Å². The molecule has 2 amide bonds. The minimum atomic E-state index is -0.325. The Bertz CT molecular complexity index is 1130. The first-order chi connectivity index (χ1) is 14.6. The SMILES string of the molecule is CN(Cc1ccccc1)C(=O)Nc1cn(-c2ccccc2)nc1-c1ccc(F)cc1. The molecule has 4 aromatic rings. The second-order valence-electron chi connectivity index (χ2n) is 6.95. The first-order valence-electron chi connectivity index (χ1n) is 9.57. The predicted octanol–water partition coefficient (Wildman–Crippen LogP) is 5.34. The molecule has 0 aliphatic heterocycles. The number of anilines is 1. The Balaban J connectivity index is 1.63. The fraction of sp³-hybridized carbons (Fsp3) is 0.0833. The molecule has 0 radical (unpaired) electrons. The van der Waals surface area contributed by atoms with Gasteiger partial charge in [-0.05, 0) is 42.0 Å². The standard InChI is InChI=1S/C24H21FN4O/c1-28(16-18-8-4-2-5-9-18)24(30)26-22-17-29(21-10-6-3-7-11-21)27-23(22)19-12-14-20(25)15-13-19/h2-15,17H,16H2,1H3,(H,26,30). The van der Waals surface area contributed by atoms with Crippen LogP contribution in [0.25, 0.3) is 16.9 Å². The predicted molar refractivity (Wildman–Crippen MR) is 116 cm³/mol. The van der Waals surface area contributed by atoms with Crippen molar-refractivity contribution < 1.29 is 9.18 Å². The van der Waals surface area contributed by atoms with Crippen molar-refractivity contribution in [3.05, 3.63) is 103 Å². The number of halogens is 1. The summed E-state index contributed by atoms with van der Waals surface area (Å²) < 4.78 is 15.1. The second kappa shape index (κ2) is 8.61. The van der Waals surface area contributed by atoms with Gasteiger partial charge in [0, 0.05) is 19.2 Å². The van der Waals surface area contributed by atoms with Crippen LogP contribution >= 0.6 is 0 Å². The minimum Gasteiger partial charge on any atom is -0.323 e. The highest BCUT2D eigenvalue weighted by Crippen LogP contribution is 2.28. The highest BCUT2D eigenvalue weighted by atomic mass is 19.1. The van der Waals surface area contributed by atoms with Crippen LogP contribution in [-0.4, -0.2) is 27.8 Å². The van der Waals surface area contributed by atoms with Gasteiger partial charge in [-0.2, -0.15) is 5.10 Å². The highest BCUT2D eigenvalue weighted by molar-refractivity contribution is 5.93. The van der Waals surface area contributed by atoms with Gasteiger partial charge in [0.05, 0.1) is 17.6 Å². The summed E-state index contributed by atoms with van der Waals surface area (Å²) in [6.45, 7) is 0.478. The van der Waals surface area contributed by atoms with Crippen molar-refractivity contribution >= 4 is 11.7 Å². The summed E-state index contributed by atoms with van der Waals surface area (Å²) in [6, 6.07) is 25.2. The molecule has 0 aliphatic carbocycles. The van der Waals surface area contributed by atoms with Crippen LogP contribution in [0.15, 0.2) is 91.1 Å². The Morgan fingerprint density at radius 1 is 0.967 bits per heavy atom. The van der Waals surface area contributed by atoms with E-state index in [-0.39, 0.29) is 11.8 Å². The molecule has 0 aliphatic rings. The highest BCUT2D eigenvalue weighted by Gasteiger charge is 2.17. The number of urea groups is 1. The molecule has 0 spiro atoms. The first kappa shape index (κ1) is 19.4. The van der Waals surface area contributed by atoms with E-state index in [1.54, 1.807) is 35.0 Å². The summed E-state index contributed by atoms with van der Waals surface area (Å²) >= 11 is 0. The second-order valence-corrected chi connectivity index (χ2v) is 6.95. The van der Waals surface area contributed by atoms with E-state index in [1.165, 1.54) is 12.1 Å². The number of carbonyl (C=O) groups is 1. The van der Waals surface area contributed by atoms with Crippen molar-refractivity contribution in [3.63, 3.8) is 0 Å². The molecule has 0 fully saturated rings. The number of aromatic nitrogens is 2. The summed E-state index contributed by atoms with van der Waals surface area (Å²) in [5, 5.41) is 7.58. The van der Waals surface area contributed by atoms with Crippen molar-refractivity contribution in [2.24, 2.45) is 0 Å². The summed E-state index contributed by atoms with van der Waals surface area (Å²) in [5.41, 5.74) is 3.73. The van der Waals surface area contributed by atoms with Gasteiger partial charge in [0.25, 0.3) is 0 Å². The van der Waals surface area contributed by atoms with Gasteiger partial charge < -0.3 is 10.2 Å². The lowest BCUT2D eigenvalue weighted by Gasteiger charge is -2.18. The third-order valence-electron chi connectivity index (χ3n) is 4.70. The maximum absolute atomic E-state index is 13.4. The fourth-order valence-electron chi connectivity index (χ4n) is 3.14. The molecule has 0 unspecified atom stereocenters. The molecule has 0 saturated heterocycles. The molecule has 30 heavy (non-hydrogen) atoms. The first-order valence-corrected chi connectivity index (χ1v) is 9.57. The van der Waals surface area contributed by atoms with E-state index in [0.29, 0.717) is 23.5 Å². The Hall–Kier alpha value is -3.93. The van der Waals surface area contributed by atoms with Gasteiger partial charge in [-0.1, -0.05) is 48.5 Å². The number of nitrogens with one attached hydrogen (secondary N) is 1. The van der Waals surface area contributed by atoms with Crippen molar-refractivity contribution in [2.75, 3.05) is 12.4 Å². The average molecular weight is 400 g/mol. The number of amides is 2. The van der Waals surface area contributed by atoms with Crippen LogP contribution in [0.1, 0.15) is 5.56 Å². The van der Waals surface area contributed by atoms with Crippen molar-refractivity contribution in [2.45, 2.75) is 6.54 Å². The van der Waals surface area contributed by atoms with Gasteiger partial charge in [0.2, 0.25) is 0 Å². The fourth-order valence-corrected chi connectivity index (χ4v) is 3.14. The average Bonchev–Trinajstić information content (AvgIpc) is 3.19. The smallest absolute Gasteiger partial charge is 0.321 e. The molecule has 0 bridgehead atoms. The lowest BCUT2D eigenvalue weighted by Crippen LogP contribution is -2.30. The van der Waals surface area contributed by atoms with Crippen LogP contribution in [0.4, 0.5) is 14.9 Å². The van der Waals surface area contributed by atoms with Crippen LogP contribution in [-0.2, 0) is 6.54 Å². The number of benzene rings is 3. The minimum absolute atomic E-state index is 0.255. The third-order valence-corrected chi connectivity index (χ3v) is 4.70. The van der Waals surface area contributed by atoms with Crippen LogP contribution in [0.3, 0.4) is 0 Å². The van der Waals surface area contributed by atoms with Crippen LogP contribution in [0.5, 0.6) is 0 Å². The van der Waals surface area contributed by atoms with E-state index in [2.05, 4.69) is 10.4 Å². The van der Waals surface area contributed by atoms with Gasteiger partial charge in [-0.25, -0.2) is 13.9 Å². The molecule has 0 saturated carbocycles. The summed E-state index contributed by atoms with van der Waals surface area (Å²) in [7, 11) is 1.74. The van der Waals surface area contributed by atoms with Gasteiger partial charge in [0.15, 0.2) is 0 Å². The number of nitrogens with zero attached hydrogens (tertiary/aromatic N) is 3. The maximum Gasteiger partial charge on any atom is 0.321 e. The van der Waals surface area contributed by atoms with Gasteiger partial charge in [0.1, 0.15) is 11.5 Å². The zero-order chi connectivity index (χ0) is 20.9. The Labute approximate surface area is 174 Å². The Morgan fingerprint density at radius 3 is 2.27 bits per heavy atom. The van der Waals surface area contributed by atoms with Crippen molar-refractivity contribution in [1.29, 1.82) is 0 Å². The van der Waals surface area contributed by atoms with Crippen molar-refractivity contribution in [1.82, 2.24) is 14.7 Å². The Kier molecular flexibility index (Phi) is 5.57. The number of hydrogen-bond donors (Lipinski definition) is 1. The molecule has 5 nitrogen and oxygen atoms in total. The molecule has 1 aromatic heterocycles.